The van der Waals surface area contributed by atoms with Crippen molar-refractivity contribution in [2.45, 2.75) is 97.2 Å². The summed E-state index contributed by atoms with van der Waals surface area (Å²) >= 11 is 0. The fourth-order valence-corrected chi connectivity index (χ4v) is 4.88. The first kappa shape index (κ1) is 47.9. The lowest BCUT2D eigenvalue weighted by molar-refractivity contribution is 0.163. The van der Waals surface area contributed by atoms with E-state index in [0.29, 0.717) is 18.4 Å². The molecule has 0 amide bonds. The monoisotopic (exact) mass is 760 g/mol. The van der Waals surface area contributed by atoms with Crippen LogP contribution in [0.2, 0.25) is 0 Å². The molecule has 0 radical (unpaired) electrons. The number of hydrogen-bond acceptors (Lipinski definition) is 10. The lowest BCUT2D eigenvalue weighted by Crippen LogP contribution is -1.96. The number of rotatable bonds is 10. The molecule has 0 spiro atoms. The highest BCUT2D eigenvalue weighted by Gasteiger charge is 2.09. The standard InChI is InChI=1S/2C10H14O2.C9H12O2.2C8H10O2/c1-2-5-9(11)8-6-3-4-7-10(8)12;1-2-4-10(12)8-5-3-6-9(11)7-8;1-2-9(11)7-4-3-5-8(10)6-7;1-6(9)7-2-4-8(10)5-3-7;1-6(9)7-3-2-4-8(10)5-7/h3-4,6-7,9,11-12H,2,5H2,1H3;3,5-7,10-12H,2,4H2,1H3;3-6,9-11H,2H2,1H3;2*2-6,9-10H,1H3. The SMILES string of the molecule is CC(O)c1ccc(O)cc1.CC(O)c1cccc(O)c1.CCC(O)c1cccc(O)c1.CCCC(O)c1cccc(O)c1.CCCC(O)c1ccccc1O. The van der Waals surface area contributed by atoms with Crippen LogP contribution in [0, 0.1) is 0 Å². The molecule has 5 aromatic rings. The predicted molar refractivity (Wildman–Crippen MR) is 217 cm³/mol. The van der Waals surface area contributed by atoms with E-state index in [2.05, 4.69) is 0 Å². The molecule has 0 bridgehead atoms. The summed E-state index contributed by atoms with van der Waals surface area (Å²) < 4.78 is 0. The minimum Gasteiger partial charge on any atom is -0.508 e. The topological polar surface area (TPSA) is 202 Å². The molecule has 0 aliphatic heterocycles. The molecule has 5 atom stereocenters. The molecule has 10 nitrogen and oxygen atoms in total. The number of aliphatic hydroxyl groups excluding tert-OH is 5. The van der Waals surface area contributed by atoms with Gasteiger partial charge in [0.1, 0.15) is 28.7 Å². The Morgan fingerprint density at radius 3 is 1.22 bits per heavy atom. The van der Waals surface area contributed by atoms with E-state index in [-0.39, 0.29) is 28.7 Å². The second-order valence-electron chi connectivity index (χ2n) is 12.8. The summed E-state index contributed by atoms with van der Waals surface area (Å²) in [5.41, 5.74) is 3.74. The Balaban J connectivity index is 0.000000344. The van der Waals surface area contributed by atoms with Crippen molar-refractivity contribution in [2.24, 2.45) is 0 Å². The van der Waals surface area contributed by atoms with Gasteiger partial charge in [-0.05, 0) is 110 Å². The summed E-state index contributed by atoms with van der Waals surface area (Å²) in [7, 11) is 0. The molecule has 0 aliphatic rings. The number of phenolic OH excluding ortho intramolecular Hbond substituents is 5. The Hall–Kier alpha value is -5.10. The van der Waals surface area contributed by atoms with Gasteiger partial charge in [0, 0.05) is 5.56 Å². The Kier molecular flexibility index (Phi) is 23.2. The maximum absolute atomic E-state index is 9.54. The summed E-state index contributed by atoms with van der Waals surface area (Å²) in [5.74, 6) is 1.01. The molecule has 5 unspecified atom stereocenters. The zero-order valence-corrected chi connectivity index (χ0v) is 32.4. The van der Waals surface area contributed by atoms with Gasteiger partial charge in [-0.25, -0.2) is 0 Å². The van der Waals surface area contributed by atoms with Crippen LogP contribution in [0.4, 0.5) is 0 Å². The second-order valence-corrected chi connectivity index (χ2v) is 12.8. The first-order chi connectivity index (χ1) is 26.1. The summed E-state index contributed by atoms with van der Waals surface area (Å²) in [4.78, 5) is 0. The highest BCUT2D eigenvalue weighted by atomic mass is 16.3. The van der Waals surface area contributed by atoms with Crippen molar-refractivity contribution < 1.29 is 51.1 Å². The highest BCUT2D eigenvalue weighted by Crippen LogP contribution is 2.26. The second kappa shape index (κ2) is 26.6. The maximum atomic E-state index is 9.54. The Morgan fingerprint density at radius 2 is 0.818 bits per heavy atom. The summed E-state index contributed by atoms with van der Waals surface area (Å²) in [5, 5.41) is 91.8. The van der Waals surface area contributed by atoms with Crippen LogP contribution >= 0.6 is 0 Å². The van der Waals surface area contributed by atoms with Crippen molar-refractivity contribution in [1.82, 2.24) is 0 Å². The van der Waals surface area contributed by atoms with E-state index in [0.717, 1.165) is 41.5 Å². The van der Waals surface area contributed by atoms with Gasteiger partial charge in [0.05, 0.1) is 30.5 Å². The molecule has 0 heterocycles. The molecular weight excluding hydrogens is 700 g/mol. The van der Waals surface area contributed by atoms with Crippen molar-refractivity contribution in [2.75, 3.05) is 0 Å². The van der Waals surface area contributed by atoms with Gasteiger partial charge in [0.15, 0.2) is 0 Å². The minimum atomic E-state index is -0.531. The first-order valence-corrected chi connectivity index (χ1v) is 18.5. The zero-order valence-electron chi connectivity index (χ0n) is 32.4. The van der Waals surface area contributed by atoms with E-state index in [1.807, 2.05) is 32.9 Å². The van der Waals surface area contributed by atoms with Crippen LogP contribution in [-0.2, 0) is 0 Å². The molecule has 5 rings (SSSR count). The van der Waals surface area contributed by atoms with Crippen molar-refractivity contribution >= 4 is 0 Å². The average Bonchev–Trinajstić information content (AvgIpc) is 3.16. The third-order valence-corrected chi connectivity index (χ3v) is 8.04. The minimum absolute atomic E-state index is 0.179. The normalized spacial score (nSPS) is 12.9. The lowest BCUT2D eigenvalue weighted by atomic mass is 10.0. The number of aliphatic hydroxyl groups is 5. The number of phenols is 5. The third kappa shape index (κ3) is 19.7. The van der Waals surface area contributed by atoms with Crippen LogP contribution in [0.1, 0.15) is 125 Å². The van der Waals surface area contributed by atoms with Gasteiger partial charge < -0.3 is 51.1 Å². The van der Waals surface area contributed by atoms with Gasteiger partial charge in [-0.3, -0.25) is 0 Å². The van der Waals surface area contributed by atoms with E-state index in [9.17, 15) is 20.4 Å². The molecule has 5 aromatic carbocycles. The number of benzene rings is 5. The van der Waals surface area contributed by atoms with Crippen molar-refractivity contribution in [1.29, 1.82) is 0 Å². The van der Waals surface area contributed by atoms with Crippen LogP contribution in [-0.4, -0.2) is 51.1 Å². The van der Waals surface area contributed by atoms with Crippen LogP contribution in [0.5, 0.6) is 28.7 Å². The molecule has 10 N–H and O–H groups in total. The third-order valence-electron chi connectivity index (χ3n) is 8.04. The maximum Gasteiger partial charge on any atom is 0.121 e. The molecule has 0 aromatic heterocycles. The van der Waals surface area contributed by atoms with Crippen LogP contribution in [0.15, 0.2) is 121 Å². The highest BCUT2D eigenvalue weighted by molar-refractivity contribution is 5.34. The molecule has 0 saturated heterocycles. The summed E-state index contributed by atoms with van der Waals surface area (Å²) in [6.45, 7) is 9.27. The fraction of sp³-hybridized carbons (Fsp3) is 0.333. The molecule has 0 aliphatic carbocycles. The Labute approximate surface area is 325 Å². The van der Waals surface area contributed by atoms with Crippen LogP contribution in [0.25, 0.3) is 0 Å². The quantitative estimate of drug-likeness (QED) is 0.0654. The van der Waals surface area contributed by atoms with E-state index >= 15 is 0 Å². The van der Waals surface area contributed by atoms with Gasteiger partial charge in [0.2, 0.25) is 0 Å². The van der Waals surface area contributed by atoms with Gasteiger partial charge in [-0.15, -0.1) is 0 Å². The van der Waals surface area contributed by atoms with Crippen molar-refractivity contribution in [3.63, 3.8) is 0 Å². The van der Waals surface area contributed by atoms with Crippen LogP contribution < -0.4 is 0 Å². The summed E-state index contributed by atoms with van der Waals surface area (Å²) in [6, 6.07) is 33.4. The van der Waals surface area contributed by atoms with E-state index in [4.69, 9.17) is 30.6 Å². The first-order valence-electron chi connectivity index (χ1n) is 18.5. The zero-order chi connectivity index (χ0) is 41.3. The van der Waals surface area contributed by atoms with E-state index in [1.165, 1.54) is 0 Å². The average molecular weight is 761 g/mol. The Bertz CT molecular complexity index is 1740. The van der Waals surface area contributed by atoms with Crippen molar-refractivity contribution in [3.8, 4) is 28.7 Å². The van der Waals surface area contributed by atoms with Crippen molar-refractivity contribution in [3.05, 3.63) is 149 Å². The van der Waals surface area contributed by atoms with E-state index < -0.39 is 30.5 Å². The van der Waals surface area contributed by atoms with Crippen LogP contribution in [0.3, 0.4) is 0 Å². The van der Waals surface area contributed by atoms with Gasteiger partial charge in [-0.1, -0.05) is 100 Å². The fourth-order valence-electron chi connectivity index (χ4n) is 4.88. The number of hydrogen-bond donors (Lipinski definition) is 10. The van der Waals surface area contributed by atoms with Gasteiger partial charge >= 0.3 is 0 Å². The Morgan fingerprint density at radius 1 is 0.400 bits per heavy atom. The largest absolute Gasteiger partial charge is 0.508 e. The molecular formula is C45H60O10. The molecule has 300 valence electrons. The smallest absolute Gasteiger partial charge is 0.121 e. The number of aromatic hydroxyl groups is 5. The van der Waals surface area contributed by atoms with Gasteiger partial charge in [-0.2, -0.15) is 0 Å². The summed E-state index contributed by atoms with van der Waals surface area (Å²) in [6.07, 6.45) is 1.56. The molecule has 55 heavy (non-hydrogen) atoms. The molecule has 0 saturated carbocycles. The molecule has 10 heteroatoms. The van der Waals surface area contributed by atoms with Gasteiger partial charge in [0.25, 0.3) is 0 Å². The molecule has 0 fully saturated rings. The predicted octanol–water partition coefficient (Wildman–Crippen LogP) is 9.18. The van der Waals surface area contributed by atoms with E-state index in [1.54, 1.807) is 123 Å². The lowest BCUT2D eigenvalue weighted by Gasteiger charge is -2.10. The number of para-hydroxylation sites is 1.